The molecule has 1 aromatic heterocycles. The van der Waals surface area contributed by atoms with E-state index in [-0.39, 0.29) is 49.1 Å². The van der Waals surface area contributed by atoms with Crippen molar-refractivity contribution in [1.29, 1.82) is 5.26 Å². The lowest BCUT2D eigenvalue weighted by molar-refractivity contribution is -0.130. The maximum atomic E-state index is 13.5. The lowest BCUT2D eigenvalue weighted by Crippen LogP contribution is -2.55. The maximum absolute atomic E-state index is 13.5. The molecule has 3 rings (SSSR count). The molecule has 0 aliphatic carbocycles. The van der Waals surface area contributed by atoms with Gasteiger partial charge in [-0.05, 0) is 49.3 Å². The van der Waals surface area contributed by atoms with Crippen molar-refractivity contribution in [3.63, 3.8) is 0 Å². The fourth-order valence-corrected chi connectivity index (χ4v) is 5.34. The summed E-state index contributed by atoms with van der Waals surface area (Å²) in [7, 11) is 0. The minimum Gasteiger partial charge on any atom is -0.381 e. The maximum Gasteiger partial charge on any atom is 0.243 e. The number of rotatable bonds is 11. The summed E-state index contributed by atoms with van der Waals surface area (Å²) in [5.74, 6) is -1.19. The van der Waals surface area contributed by atoms with E-state index in [1.54, 1.807) is 6.92 Å². The van der Waals surface area contributed by atoms with Gasteiger partial charge in [0.15, 0.2) is 0 Å². The number of thiazole rings is 1. The van der Waals surface area contributed by atoms with E-state index >= 15 is 0 Å². The molecule has 2 aromatic rings. The average Bonchev–Trinajstić information content (AvgIpc) is 3.31. The highest BCUT2D eigenvalue weighted by molar-refractivity contribution is 7.18. The van der Waals surface area contributed by atoms with Gasteiger partial charge in [-0.15, -0.1) is 11.3 Å². The molecule has 1 aromatic carbocycles. The number of carbonyl (C=O) groups excluding carboxylic acids is 3. The van der Waals surface area contributed by atoms with Crippen molar-refractivity contribution in [1.82, 2.24) is 20.9 Å². The zero-order valence-electron chi connectivity index (χ0n) is 22.0. The van der Waals surface area contributed by atoms with E-state index in [1.165, 1.54) is 23.8 Å². The molecule has 1 fully saturated rings. The van der Waals surface area contributed by atoms with Crippen LogP contribution in [0.2, 0.25) is 0 Å². The molecule has 1 aliphatic heterocycles. The highest BCUT2D eigenvalue weighted by Gasteiger charge is 2.30. The second-order valence-electron chi connectivity index (χ2n) is 9.83. The van der Waals surface area contributed by atoms with Crippen LogP contribution in [-0.4, -0.2) is 54.5 Å². The summed E-state index contributed by atoms with van der Waals surface area (Å²) in [5, 5.41) is 18.5. The Hall–Kier alpha value is -3.03. The molecule has 2 heterocycles. The summed E-state index contributed by atoms with van der Waals surface area (Å²) in [6.07, 6.45) is 2.02. The Labute approximate surface area is 222 Å². The van der Waals surface area contributed by atoms with Crippen molar-refractivity contribution in [2.45, 2.75) is 71.4 Å². The zero-order chi connectivity index (χ0) is 26.9. The number of ether oxygens (including phenoxy) is 1. The van der Waals surface area contributed by atoms with E-state index in [2.05, 4.69) is 41.9 Å². The quantitative estimate of drug-likeness (QED) is 0.411. The number of hydrogen-bond donors (Lipinski definition) is 3. The van der Waals surface area contributed by atoms with Crippen molar-refractivity contribution >= 4 is 39.3 Å². The molecule has 37 heavy (non-hydrogen) atoms. The molecule has 3 amide bonds. The van der Waals surface area contributed by atoms with Crippen LogP contribution >= 0.6 is 11.3 Å². The fourth-order valence-electron chi connectivity index (χ4n) is 4.27. The molecule has 1 saturated heterocycles. The summed E-state index contributed by atoms with van der Waals surface area (Å²) < 4.78 is 6.53. The molecule has 9 nitrogen and oxygen atoms in total. The molecule has 0 spiro atoms. The van der Waals surface area contributed by atoms with Gasteiger partial charge in [0.25, 0.3) is 0 Å². The smallest absolute Gasteiger partial charge is 0.243 e. The van der Waals surface area contributed by atoms with Gasteiger partial charge in [0.1, 0.15) is 12.0 Å². The standard InChI is InChI=1S/C27H37N5O4S/c1-5-24(33)30-21(13-25-31-20-7-6-19(16(2)3)12-23(20)37-25)27(35)32-22(18-8-10-36-11-9-18)15-29-26(34)17(4)14-28/h6-7,12,16-18,21-22H,5,8-11,13,15H2,1-4H3,(H,29,34)(H,30,33)(H,32,35)/t17-,21+,22-/m1/s1. The predicted octanol–water partition coefficient (Wildman–Crippen LogP) is 3.04. The van der Waals surface area contributed by atoms with E-state index < -0.39 is 12.0 Å². The molecule has 0 bridgehead atoms. The topological polar surface area (TPSA) is 133 Å². The normalized spacial score (nSPS) is 16.5. The molecular formula is C27H37N5O4S. The van der Waals surface area contributed by atoms with Gasteiger partial charge >= 0.3 is 0 Å². The molecule has 10 heteroatoms. The first-order chi connectivity index (χ1) is 17.7. The third-order valence-electron chi connectivity index (χ3n) is 6.72. The Balaban J connectivity index is 1.78. The van der Waals surface area contributed by atoms with Gasteiger partial charge in [-0.3, -0.25) is 14.4 Å². The number of nitrogens with one attached hydrogen (secondary N) is 3. The third-order valence-corrected chi connectivity index (χ3v) is 7.76. The second kappa shape index (κ2) is 13.5. The summed E-state index contributed by atoms with van der Waals surface area (Å²) >= 11 is 1.53. The lowest BCUT2D eigenvalue weighted by Gasteiger charge is -2.32. The molecule has 3 atom stereocenters. The van der Waals surface area contributed by atoms with E-state index in [4.69, 9.17) is 15.0 Å². The third kappa shape index (κ3) is 7.98. The highest BCUT2D eigenvalue weighted by atomic mass is 32.1. The molecule has 1 aliphatic rings. The molecule has 0 saturated carbocycles. The van der Waals surface area contributed by atoms with Gasteiger partial charge in [-0.25, -0.2) is 4.98 Å². The summed E-state index contributed by atoms with van der Waals surface area (Å²) in [6.45, 7) is 8.93. The van der Waals surface area contributed by atoms with Gasteiger partial charge < -0.3 is 20.7 Å². The Bertz CT molecular complexity index is 1140. The van der Waals surface area contributed by atoms with Crippen LogP contribution in [0.5, 0.6) is 0 Å². The number of aromatic nitrogens is 1. The fraction of sp³-hybridized carbons (Fsp3) is 0.593. The van der Waals surface area contributed by atoms with E-state index in [9.17, 15) is 14.4 Å². The molecule has 3 N–H and O–H groups in total. The van der Waals surface area contributed by atoms with Gasteiger partial charge in [-0.2, -0.15) is 5.26 Å². The van der Waals surface area contributed by atoms with Gasteiger partial charge in [0.2, 0.25) is 17.7 Å². The first-order valence-electron chi connectivity index (χ1n) is 13.0. The number of hydrogen-bond acceptors (Lipinski definition) is 7. The van der Waals surface area contributed by atoms with E-state index in [1.807, 2.05) is 12.1 Å². The van der Waals surface area contributed by atoms with Crippen LogP contribution in [-0.2, 0) is 25.5 Å². The van der Waals surface area contributed by atoms with E-state index in [0.717, 1.165) is 28.1 Å². The number of carbonyl (C=O) groups is 3. The summed E-state index contributed by atoms with van der Waals surface area (Å²) in [5.41, 5.74) is 2.10. The highest BCUT2D eigenvalue weighted by Crippen LogP contribution is 2.27. The van der Waals surface area contributed by atoms with Crippen LogP contribution < -0.4 is 16.0 Å². The molecule has 0 radical (unpaired) electrons. The van der Waals surface area contributed by atoms with Crippen molar-refractivity contribution in [2.75, 3.05) is 19.8 Å². The first kappa shape index (κ1) is 28.5. The van der Waals surface area contributed by atoms with Crippen LogP contribution in [0.3, 0.4) is 0 Å². The van der Waals surface area contributed by atoms with Gasteiger partial charge in [-0.1, -0.05) is 26.8 Å². The van der Waals surface area contributed by atoms with Gasteiger partial charge in [0, 0.05) is 38.6 Å². The Kier molecular flexibility index (Phi) is 10.4. The zero-order valence-corrected chi connectivity index (χ0v) is 22.8. The largest absolute Gasteiger partial charge is 0.381 e. The lowest BCUT2D eigenvalue weighted by atomic mass is 9.91. The van der Waals surface area contributed by atoms with Crippen LogP contribution in [0.15, 0.2) is 18.2 Å². The van der Waals surface area contributed by atoms with Crippen LogP contribution in [0.1, 0.15) is 63.4 Å². The van der Waals surface area contributed by atoms with Crippen molar-refractivity contribution in [3.05, 3.63) is 28.8 Å². The first-order valence-corrected chi connectivity index (χ1v) is 13.8. The number of nitriles is 1. The number of fused-ring (bicyclic) bond motifs is 1. The van der Waals surface area contributed by atoms with Crippen LogP contribution in [0, 0.1) is 23.2 Å². The summed E-state index contributed by atoms with van der Waals surface area (Å²) in [6, 6.07) is 6.98. The SMILES string of the molecule is CCC(=O)N[C@@H](Cc1nc2ccc(C(C)C)cc2s1)C(=O)N[C@H](CNC(=O)[C@H](C)C#N)C1CCOCC1. The average molecular weight is 528 g/mol. The number of amides is 3. The minimum absolute atomic E-state index is 0.106. The molecular weight excluding hydrogens is 490 g/mol. The minimum atomic E-state index is -0.798. The van der Waals surface area contributed by atoms with E-state index in [0.29, 0.717) is 19.1 Å². The monoisotopic (exact) mass is 527 g/mol. The van der Waals surface area contributed by atoms with Crippen molar-refractivity contribution in [3.8, 4) is 6.07 Å². The molecule has 200 valence electrons. The Morgan fingerprint density at radius 3 is 2.54 bits per heavy atom. The Morgan fingerprint density at radius 2 is 1.89 bits per heavy atom. The van der Waals surface area contributed by atoms with Crippen LogP contribution in [0.4, 0.5) is 0 Å². The second-order valence-corrected chi connectivity index (χ2v) is 10.9. The Morgan fingerprint density at radius 1 is 1.16 bits per heavy atom. The number of benzene rings is 1. The summed E-state index contributed by atoms with van der Waals surface area (Å²) in [4.78, 5) is 42.7. The molecule has 0 unspecified atom stereocenters. The number of nitrogens with zero attached hydrogens (tertiary/aromatic N) is 2. The predicted molar refractivity (Wildman–Crippen MR) is 143 cm³/mol. The van der Waals surface area contributed by atoms with Crippen molar-refractivity contribution in [2.24, 2.45) is 11.8 Å². The van der Waals surface area contributed by atoms with Crippen molar-refractivity contribution < 1.29 is 19.1 Å². The van der Waals surface area contributed by atoms with Crippen LogP contribution in [0.25, 0.3) is 10.2 Å². The van der Waals surface area contributed by atoms with Gasteiger partial charge in [0.05, 0.1) is 21.3 Å².